The van der Waals surface area contributed by atoms with Gasteiger partial charge in [-0.2, -0.15) is 13.2 Å². The first-order chi connectivity index (χ1) is 8.94. The highest BCUT2D eigenvalue weighted by Gasteiger charge is 2.27. The summed E-state index contributed by atoms with van der Waals surface area (Å²) in [5, 5.41) is 5.67. The number of nitrogens with one attached hydrogen (secondary N) is 2. The lowest BCUT2D eigenvalue weighted by atomic mass is 10.4. The smallest absolute Gasteiger partial charge is 0.377 e. The first-order valence-corrected chi connectivity index (χ1v) is 6.42. The summed E-state index contributed by atoms with van der Waals surface area (Å²) in [4.78, 5) is 8.26. The van der Waals surface area contributed by atoms with E-state index in [1.165, 1.54) is 7.11 Å². The molecule has 0 fully saturated rings. The van der Waals surface area contributed by atoms with Crippen molar-refractivity contribution in [3.05, 3.63) is 11.9 Å². The monoisotopic (exact) mass is 296 g/mol. The summed E-state index contributed by atoms with van der Waals surface area (Å²) in [7, 11) is 3.21. The number of thioether (sulfide) groups is 1. The van der Waals surface area contributed by atoms with Gasteiger partial charge in [-0.05, 0) is 11.8 Å². The van der Waals surface area contributed by atoms with E-state index in [0.29, 0.717) is 17.5 Å². The van der Waals surface area contributed by atoms with Crippen molar-refractivity contribution in [2.24, 2.45) is 0 Å². The third kappa shape index (κ3) is 6.48. The van der Waals surface area contributed by atoms with Crippen LogP contribution in [0, 0.1) is 0 Å². The molecule has 0 saturated carbocycles. The zero-order valence-electron chi connectivity index (χ0n) is 10.5. The Bertz CT molecular complexity index is 403. The summed E-state index contributed by atoms with van der Waals surface area (Å²) >= 11 is -0.0690. The summed E-state index contributed by atoms with van der Waals surface area (Å²) in [5.74, 6) is 1.42. The molecule has 108 valence electrons. The molecule has 0 aliphatic rings. The van der Waals surface area contributed by atoms with E-state index < -0.39 is 5.51 Å². The Balaban J connectivity index is 2.54. The number of aromatic nitrogens is 2. The second kappa shape index (κ2) is 7.39. The normalized spacial score (nSPS) is 11.4. The molecule has 19 heavy (non-hydrogen) atoms. The number of ether oxygens (including phenoxy) is 1. The van der Waals surface area contributed by atoms with Gasteiger partial charge in [0.05, 0.1) is 0 Å². The lowest BCUT2D eigenvalue weighted by molar-refractivity contribution is -0.0327. The minimum absolute atomic E-state index is 0.0690. The molecule has 0 aliphatic heterocycles. The van der Waals surface area contributed by atoms with Gasteiger partial charge >= 0.3 is 5.51 Å². The van der Waals surface area contributed by atoms with Crippen molar-refractivity contribution in [1.82, 2.24) is 9.97 Å². The first-order valence-electron chi connectivity index (χ1n) is 5.44. The number of nitrogens with zero attached hydrogens (tertiary/aromatic N) is 2. The highest BCUT2D eigenvalue weighted by atomic mass is 32.2. The lowest BCUT2D eigenvalue weighted by Crippen LogP contribution is -2.12. The average molecular weight is 296 g/mol. The van der Waals surface area contributed by atoms with Crippen LogP contribution < -0.4 is 10.6 Å². The third-order valence-corrected chi connectivity index (χ3v) is 2.71. The van der Waals surface area contributed by atoms with Crippen molar-refractivity contribution >= 4 is 23.4 Å². The van der Waals surface area contributed by atoms with Crippen LogP contribution in [0.25, 0.3) is 0 Å². The second-order valence-corrected chi connectivity index (χ2v) is 4.62. The molecular weight excluding hydrogens is 281 g/mol. The van der Waals surface area contributed by atoms with Crippen LogP contribution in [0.1, 0.15) is 5.82 Å². The third-order valence-electron chi connectivity index (χ3n) is 1.98. The molecule has 0 bridgehead atoms. The largest absolute Gasteiger partial charge is 0.441 e. The molecule has 0 radical (unpaired) electrons. The lowest BCUT2D eigenvalue weighted by Gasteiger charge is -2.10. The van der Waals surface area contributed by atoms with Crippen molar-refractivity contribution in [3.8, 4) is 0 Å². The van der Waals surface area contributed by atoms with E-state index in [-0.39, 0.29) is 30.7 Å². The van der Waals surface area contributed by atoms with Gasteiger partial charge in [0, 0.05) is 32.5 Å². The molecule has 5 nitrogen and oxygen atoms in total. The molecule has 0 aromatic carbocycles. The Kier molecular flexibility index (Phi) is 6.16. The van der Waals surface area contributed by atoms with Crippen LogP contribution in [0.15, 0.2) is 6.07 Å². The molecule has 1 aromatic rings. The van der Waals surface area contributed by atoms with Crippen LogP contribution in [0.5, 0.6) is 0 Å². The molecule has 0 aliphatic carbocycles. The summed E-state index contributed by atoms with van der Waals surface area (Å²) in [6.07, 6.45) is 0. The number of hydrogen-bond donors (Lipinski definition) is 2. The minimum Gasteiger partial charge on any atom is -0.377 e. The van der Waals surface area contributed by atoms with Crippen LogP contribution in [0.4, 0.5) is 24.8 Å². The van der Waals surface area contributed by atoms with Crippen molar-refractivity contribution in [2.75, 3.05) is 37.1 Å². The van der Waals surface area contributed by atoms with Gasteiger partial charge in [0.1, 0.15) is 18.2 Å². The predicted molar refractivity (Wildman–Crippen MR) is 69.3 cm³/mol. The maximum atomic E-state index is 11.9. The molecule has 0 amide bonds. The first kappa shape index (κ1) is 15.8. The number of methoxy groups -OCH3 is 1. The molecule has 1 aromatic heterocycles. The molecule has 0 saturated heterocycles. The van der Waals surface area contributed by atoms with E-state index in [9.17, 15) is 13.2 Å². The summed E-state index contributed by atoms with van der Waals surface area (Å²) < 4.78 is 40.8. The Morgan fingerprint density at radius 3 is 2.58 bits per heavy atom. The predicted octanol–water partition coefficient (Wildman–Crippen LogP) is 2.33. The van der Waals surface area contributed by atoms with E-state index in [1.807, 2.05) is 0 Å². The van der Waals surface area contributed by atoms with Gasteiger partial charge < -0.3 is 15.4 Å². The van der Waals surface area contributed by atoms with Gasteiger partial charge in [-0.15, -0.1) is 0 Å². The number of alkyl halides is 3. The van der Waals surface area contributed by atoms with E-state index in [2.05, 4.69) is 20.6 Å². The Morgan fingerprint density at radius 1 is 1.32 bits per heavy atom. The highest BCUT2D eigenvalue weighted by molar-refractivity contribution is 8.00. The van der Waals surface area contributed by atoms with Gasteiger partial charge in [0.15, 0.2) is 5.82 Å². The van der Waals surface area contributed by atoms with Gasteiger partial charge in [0.25, 0.3) is 0 Å². The maximum absolute atomic E-state index is 11.9. The molecule has 0 atom stereocenters. The van der Waals surface area contributed by atoms with Crippen molar-refractivity contribution in [1.29, 1.82) is 0 Å². The topological polar surface area (TPSA) is 59.1 Å². The Labute approximate surface area is 113 Å². The van der Waals surface area contributed by atoms with E-state index in [4.69, 9.17) is 4.74 Å². The van der Waals surface area contributed by atoms with E-state index in [1.54, 1.807) is 13.1 Å². The van der Waals surface area contributed by atoms with Crippen molar-refractivity contribution in [3.63, 3.8) is 0 Å². The van der Waals surface area contributed by atoms with Crippen LogP contribution in [0.2, 0.25) is 0 Å². The van der Waals surface area contributed by atoms with Gasteiger partial charge in [0.2, 0.25) is 0 Å². The van der Waals surface area contributed by atoms with Gasteiger partial charge in [-0.25, -0.2) is 9.97 Å². The fourth-order valence-corrected chi connectivity index (χ4v) is 1.69. The zero-order valence-corrected chi connectivity index (χ0v) is 11.4. The molecule has 2 N–H and O–H groups in total. The number of halogens is 3. The molecule has 0 unspecified atom stereocenters. The van der Waals surface area contributed by atoms with Gasteiger partial charge in [-0.3, -0.25) is 0 Å². The van der Waals surface area contributed by atoms with E-state index in [0.717, 1.165) is 0 Å². The molecular formula is C10H15F3N4OS. The molecule has 1 heterocycles. The van der Waals surface area contributed by atoms with Crippen LogP contribution in [0.3, 0.4) is 0 Å². The number of hydrogen-bond acceptors (Lipinski definition) is 6. The standard InChI is InChI=1S/C10H15F3N4OS/c1-14-7-5-8(17-9(16-7)6-18-2)15-3-4-19-10(11,12)13/h5H,3-4,6H2,1-2H3,(H2,14,15,16,17). The fourth-order valence-electron chi connectivity index (χ4n) is 1.26. The van der Waals surface area contributed by atoms with Crippen molar-refractivity contribution in [2.45, 2.75) is 12.1 Å². The summed E-state index contributed by atoms with van der Waals surface area (Å²) in [6, 6.07) is 1.62. The SMILES string of the molecule is CNc1cc(NCCSC(F)(F)F)nc(COC)n1. The summed E-state index contributed by atoms with van der Waals surface area (Å²) in [6.45, 7) is 0.401. The second-order valence-electron chi connectivity index (χ2n) is 3.46. The minimum atomic E-state index is -4.20. The van der Waals surface area contributed by atoms with Gasteiger partial charge in [-0.1, -0.05) is 0 Å². The van der Waals surface area contributed by atoms with E-state index >= 15 is 0 Å². The quantitative estimate of drug-likeness (QED) is 0.753. The molecule has 1 rings (SSSR count). The van der Waals surface area contributed by atoms with Crippen LogP contribution in [-0.4, -0.2) is 41.9 Å². The molecule has 9 heteroatoms. The number of anilines is 2. The Hall–Kier alpha value is -1.22. The zero-order chi connectivity index (χ0) is 14.3. The van der Waals surface area contributed by atoms with Crippen LogP contribution in [-0.2, 0) is 11.3 Å². The maximum Gasteiger partial charge on any atom is 0.441 e. The summed E-state index contributed by atoms with van der Waals surface area (Å²) in [5.41, 5.74) is -4.20. The highest BCUT2D eigenvalue weighted by Crippen LogP contribution is 2.29. The molecule has 0 spiro atoms. The fraction of sp³-hybridized carbons (Fsp3) is 0.600. The number of rotatable bonds is 7. The average Bonchev–Trinajstić information content (AvgIpc) is 2.34. The van der Waals surface area contributed by atoms with Crippen molar-refractivity contribution < 1.29 is 17.9 Å². The Morgan fingerprint density at radius 2 is 2.00 bits per heavy atom. The van der Waals surface area contributed by atoms with Crippen LogP contribution >= 0.6 is 11.8 Å².